The summed E-state index contributed by atoms with van der Waals surface area (Å²) >= 11 is 0. The van der Waals surface area contributed by atoms with E-state index in [2.05, 4.69) is 5.32 Å². The van der Waals surface area contributed by atoms with Crippen LogP contribution >= 0.6 is 0 Å². The Morgan fingerprint density at radius 3 is 2.08 bits per heavy atom. The van der Waals surface area contributed by atoms with Crippen LogP contribution in [0.1, 0.15) is 6.92 Å². The molecule has 2 amide bonds. The third-order valence-electron chi connectivity index (χ3n) is 3.40. The summed E-state index contributed by atoms with van der Waals surface area (Å²) in [5, 5.41) is 2.59. The van der Waals surface area contributed by atoms with E-state index in [9.17, 15) is 26.4 Å². The molecule has 2 N–H and O–H groups in total. The van der Waals surface area contributed by atoms with Crippen LogP contribution in [-0.4, -0.2) is 52.3 Å². The number of sulfonamides is 2. The Labute approximate surface area is 140 Å². The maximum Gasteiger partial charge on any atom is 0.264 e. The number of carbonyl (C=O) groups is 2. The minimum atomic E-state index is -3.92. The maximum atomic E-state index is 12.0. The first-order valence-corrected chi connectivity index (χ1v) is 10.2. The van der Waals surface area contributed by atoms with Gasteiger partial charge in [0.1, 0.15) is 0 Å². The molecule has 1 aliphatic heterocycles. The number of hydrogen-bond donors (Lipinski definition) is 2. The molecule has 0 unspecified atom stereocenters. The third kappa shape index (κ3) is 4.30. The zero-order valence-electron chi connectivity index (χ0n) is 13.0. The molecule has 0 spiro atoms. The Hall–Kier alpha value is -1.98. The van der Waals surface area contributed by atoms with Crippen molar-refractivity contribution in [1.82, 2.24) is 9.03 Å². The molecular formula is C13H17N3O6S2. The second-order valence-electron chi connectivity index (χ2n) is 5.45. The number of rotatable bonds is 5. The van der Waals surface area contributed by atoms with Gasteiger partial charge >= 0.3 is 0 Å². The fourth-order valence-corrected chi connectivity index (χ4v) is 3.98. The van der Waals surface area contributed by atoms with Crippen molar-refractivity contribution in [2.45, 2.75) is 11.8 Å². The molecule has 1 saturated heterocycles. The first-order valence-electron chi connectivity index (χ1n) is 6.88. The molecule has 0 bridgehead atoms. The van der Waals surface area contributed by atoms with Crippen LogP contribution in [0.3, 0.4) is 0 Å². The van der Waals surface area contributed by atoms with Gasteiger partial charge in [0.25, 0.3) is 10.0 Å². The highest BCUT2D eigenvalue weighted by Gasteiger charge is 2.37. The highest BCUT2D eigenvalue weighted by Crippen LogP contribution is 2.21. The van der Waals surface area contributed by atoms with E-state index in [0.29, 0.717) is 5.69 Å². The predicted molar refractivity (Wildman–Crippen MR) is 86.0 cm³/mol. The Kier molecular flexibility index (Phi) is 4.97. The van der Waals surface area contributed by atoms with Gasteiger partial charge in [0.2, 0.25) is 21.8 Å². The molecule has 0 saturated carbocycles. The summed E-state index contributed by atoms with van der Waals surface area (Å²) < 4.78 is 49.1. The number of nitrogens with zero attached hydrogens (tertiary/aromatic N) is 1. The van der Waals surface area contributed by atoms with Crippen molar-refractivity contribution >= 4 is 37.5 Å². The number of anilines is 1. The molecule has 2 rings (SSSR count). The number of hydrogen-bond acceptors (Lipinski definition) is 6. The molecular weight excluding hydrogens is 358 g/mol. The summed E-state index contributed by atoms with van der Waals surface area (Å²) in [7, 11) is -7.21. The van der Waals surface area contributed by atoms with Gasteiger partial charge in [-0.15, -0.1) is 0 Å². The zero-order chi connectivity index (χ0) is 18.1. The standard InChI is InChI=1S/C13H17N3O6S2/c1-9(17)15-24(21,22)12-5-3-11(4-6-12)14-13(18)10-7-16(8-10)23(2,19)20/h3-6,10H,7-8H2,1-2H3,(H,14,18)(H,15,17). The van der Waals surface area contributed by atoms with Crippen molar-refractivity contribution in [1.29, 1.82) is 0 Å². The highest BCUT2D eigenvalue weighted by molar-refractivity contribution is 7.90. The van der Waals surface area contributed by atoms with Crippen LogP contribution in [-0.2, 0) is 29.6 Å². The quantitative estimate of drug-likeness (QED) is 0.703. The van der Waals surface area contributed by atoms with Crippen molar-refractivity contribution in [2.24, 2.45) is 5.92 Å². The zero-order valence-corrected chi connectivity index (χ0v) is 14.6. The first kappa shape index (κ1) is 18.4. The molecule has 1 aromatic carbocycles. The van der Waals surface area contributed by atoms with E-state index in [1.165, 1.54) is 28.6 Å². The van der Waals surface area contributed by atoms with Crippen molar-refractivity contribution < 1.29 is 26.4 Å². The van der Waals surface area contributed by atoms with Crippen LogP contribution in [0.25, 0.3) is 0 Å². The van der Waals surface area contributed by atoms with Gasteiger partial charge in [-0.3, -0.25) is 9.59 Å². The Morgan fingerprint density at radius 2 is 1.62 bits per heavy atom. The summed E-state index contributed by atoms with van der Waals surface area (Å²) in [5.41, 5.74) is 0.375. The van der Waals surface area contributed by atoms with Gasteiger partial charge in [-0.25, -0.2) is 25.9 Å². The minimum Gasteiger partial charge on any atom is -0.326 e. The first-order chi connectivity index (χ1) is 11.0. The monoisotopic (exact) mass is 375 g/mol. The molecule has 1 heterocycles. The molecule has 1 aromatic rings. The summed E-state index contributed by atoms with van der Waals surface area (Å²) in [5.74, 6) is -1.48. The summed E-state index contributed by atoms with van der Waals surface area (Å²) in [6.45, 7) is 1.34. The van der Waals surface area contributed by atoms with Crippen LogP contribution in [0.2, 0.25) is 0 Å². The smallest absolute Gasteiger partial charge is 0.264 e. The minimum absolute atomic E-state index is 0.109. The van der Waals surface area contributed by atoms with Gasteiger partial charge < -0.3 is 5.32 Å². The molecule has 0 aromatic heterocycles. The predicted octanol–water partition coefficient (Wildman–Crippen LogP) is -0.659. The number of benzene rings is 1. The van der Waals surface area contributed by atoms with Gasteiger partial charge in [0.05, 0.1) is 17.1 Å². The third-order valence-corrected chi connectivity index (χ3v) is 6.08. The highest BCUT2D eigenvalue weighted by atomic mass is 32.2. The van der Waals surface area contributed by atoms with Gasteiger partial charge in [-0.1, -0.05) is 0 Å². The lowest BCUT2D eigenvalue weighted by Gasteiger charge is -2.35. The molecule has 132 valence electrons. The molecule has 24 heavy (non-hydrogen) atoms. The summed E-state index contributed by atoms with van der Waals surface area (Å²) in [4.78, 5) is 22.7. The fraction of sp³-hybridized carbons (Fsp3) is 0.385. The fourth-order valence-electron chi connectivity index (χ4n) is 2.08. The molecule has 1 aliphatic rings. The Morgan fingerprint density at radius 1 is 1.08 bits per heavy atom. The molecule has 0 radical (unpaired) electrons. The van der Waals surface area contributed by atoms with E-state index in [1.54, 1.807) is 0 Å². The van der Waals surface area contributed by atoms with Crippen molar-refractivity contribution in [3.63, 3.8) is 0 Å². The maximum absolute atomic E-state index is 12.0. The normalized spacial score (nSPS) is 16.2. The Balaban J connectivity index is 1.98. The summed E-state index contributed by atoms with van der Waals surface area (Å²) in [6, 6.07) is 5.29. The number of carbonyl (C=O) groups excluding carboxylic acids is 2. The van der Waals surface area contributed by atoms with Crippen LogP contribution in [0.5, 0.6) is 0 Å². The second-order valence-corrected chi connectivity index (χ2v) is 9.12. The molecule has 0 aliphatic carbocycles. The van der Waals surface area contributed by atoms with Crippen molar-refractivity contribution in [3.05, 3.63) is 24.3 Å². The lowest BCUT2D eigenvalue weighted by atomic mass is 10.0. The largest absolute Gasteiger partial charge is 0.326 e. The van der Waals surface area contributed by atoms with Gasteiger partial charge in [-0.2, -0.15) is 0 Å². The van der Waals surface area contributed by atoms with E-state index < -0.39 is 31.9 Å². The molecule has 9 nitrogen and oxygen atoms in total. The second kappa shape index (κ2) is 6.49. The van der Waals surface area contributed by atoms with Crippen LogP contribution in [0.15, 0.2) is 29.2 Å². The van der Waals surface area contributed by atoms with Gasteiger partial charge in [0, 0.05) is 25.7 Å². The average molecular weight is 375 g/mol. The molecule has 0 atom stereocenters. The van der Waals surface area contributed by atoms with E-state index in [1.807, 2.05) is 4.72 Å². The van der Waals surface area contributed by atoms with Crippen molar-refractivity contribution in [3.8, 4) is 0 Å². The van der Waals surface area contributed by atoms with Gasteiger partial charge in [-0.05, 0) is 24.3 Å². The van der Waals surface area contributed by atoms with E-state index in [0.717, 1.165) is 13.2 Å². The average Bonchev–Trinajstić information content (AvgIpc) is 2.33. The van der Waals surface area contributed by atoms with Gasteiger partial charge in [0.15, 0.2) is 0 Å². The number of amides is 2. The van der Waals surface area contributed by atoms with Crippen LogP contribution in [0, 0.1) is 5.92 Å². The molecule has 1 fully saturated rings. The van der Waals surface area contributed by atoms with E-state index in [4.69, 9.17) is 0 Å². The lowest BCUT2D eigenvalue weighted by Crippen LogP contribution is -2.53. The topological polar surface area (TPSA) is 130 Å². The molecule has 11 heteroatoms. The lowest BCUT2D eigenvalue weighted by molar-refractivity contribution is -0.123. The Bertz CT molecular complexity index is 855. The van der Waals surface area contributed by atoms with E-state index >= 15 is 0 Å². The summed E-state index contributed by atoms with van der Waals surface area (Å²) in [6.07, 6.45) is 1.08. The van der Waals surface area contributed by atoms with Crippen LogP contribution < -0.4 is 10.0 Å². The van der Waals surface area contributed by atoms with Crippen molar-refractivity contribution in [2.75, 3.05) is 24.7 Å². The SMILES string of the molecule is CC(=O)NS(=O)(=O)c1ccc(NC(=O)C2CN(S(C)(=O)=O)C2)cc1. The van der Waals surface area contributed by atoms with E-state index in [-0.39, 0.29) is 23.9 Å². The van der Waals surface area contributed by atoms with Crippen LogP contribution in [0.4, 0.5) is 5.69 Å². The number of nitrogens with one attached hydrogen (secondary N) is 2.